The van der Waals surface area contributed by atoms with Gasteiger partial charge in [-0.3, -0.25) is 4.79 Å². The maximum atomic E-state index is 12.0. The van der Waals surface area contributed by atoms with Crippen LogP contribution in [0.3, 0.4) is 0 Å². The van der Waals surface area contributed by atoms with E-state index >= 15 is 0 Å². The second kappa shape index (κ2) is 9.29. The maximum Gasteiger partial charge on any atom is 0.338 e. The number of aryl methyl sites for hydroxylation is 1. The molecule has 2 rings (SSSR count). The molecule has 0 aliphatic rings. The molecule has 27 heavy (non-hydrogen) atoms. The molecular formula is C19H22N2O5S. The summed E-state index contributed by atoms with van der Waals surface area (Å²) in [7, 11) is -2.27. The van der Waals surface area contributed by atoms with E-state index in [0.29, 0.717) is 13.0 Å². The van der Waals surface area contributed by atoms with Gasteiger partial charge in [0.25, 0.3) is 5.91 Å². The summed E-state index contributed by atoms with van der Waals surface area (Å²) >= 11 is 0. The molecule has 1 amide bonds. The lowest BCUT2D eigenvalue weighted by Gasteiger charge is -2.08. The number of hydrogen-bond acceptors (Lipinski definition) is 5. The quantitative estimate of drug-likeness (QED) is 0.664. The molecule has 0 aliphatic heterocycles. The standard InChI is InChI=1S/C19H22N2O5S/c1-14-5-3-4-6-15(14)11-12-21-18(22)13-26-19(23)16-7-9-17(10-8-16)27(24,25)20-2/h3-10,20H,11-13H2,1-2H3,(H,21,22). The molecule has 7 nitrogen and oxygen atoms in total. The Morgan fingerprint density at radius 2 is 1.70 bits per heavy atom. The van der Waals surface area contributed by atoms with Gasteiger partial charge < -0.3 is 10.1 Å². The van der Waals surface area contributed by atoms with Crippen molar-refractivity contribution in [1.82, 2.24) is 10.0 Å². The maximum absolute atomic E-state index is 12.0. The summed E-state index contributed by atoms with van der Waals surface area (Å²) in [6, 6.07) is 13.2. The number of nitrogens with one attached hydrogen (secondary N) is 2. The molecule has 0 saturated carbocycles. The molecule has 0 spiro atoms. The number of rotatable bonds is 8. The largest absolute Gasteiger partial charge is 0.452 e. The van der Waals surface area contributed by atoms with Gasteiger partial charge >= 0.3 is 5.97 Å². The van der Waals surface area contributed by atoms with Crippen LogP contribution in [0.2, 0.25) is 0 Å². The third-order valence-electron chi connectivity index (χ3n) is 3.98. The van der Waals surface area contributed by atoms with E-state index < -0.39 is 28.5 Å². The third kappa shape index (κ3) is 5.90. The van der Waals surface area contributed by atoms with Gasteiger partial charge in [-0.1, -0.05) is 24.3 Å². The van der Waals surface area contributed by atoms with Crippen molar-refractivity contribution in [1.29, 1.82) is 0 Å². The van der Waals surface area contributed by atoms with E-state index in [-0.39, 0.29) is 10.5 Å². The summed E-state index contributed by atoms with van der Waals surface area (Å²) in [5.41, 5.74) is 2.46. The molecule has 0 aromatic heterocycles. The molecular weight excluding hydrogens is 368 g/mol. The highest BCUT2D eigenvalue weighted by Gasteiger charge is 2.14. The Morgan fingerprint density at radius 3 is 2.33 bits per heavy atom. The molecule has 2 aromatic carbocycles. The molecule has 0 saturated heterocycles. The van der Waals surface area contributed by atoms with Gasteiger partial charge in [0.15, 0.2) is 6.61 Å². The van der Waals surface area contributed by atoms with Crippen LogP contribution in [0.25, 0.3) is 0 Å². The molecule has 0 aliphatic carbocycles. The number of sulfonamides is 1. The van der Waals surface area contributed by atoms with Crippen molar-refractivity contribution in [2.24, 2.45) is 0 Å². The fourth-order valence-corrected chi connectivity index (χ4v) is 3.11. The predicted molar refractivity (Wildman–Crippen MR) is 101 cm³/mol. The average molecular weight is 390 g/mol. The first-order chi connectivity index (χ1) is 12.8. The highest BCUT2D eigenvalue weighted by Crippen LogP contribution is 2.11. The first kappa shape index (κ1) is 20.6. The van der Waals surface area contributed by atoms with Gasteiger partial charge in [-0.2, -0.15) is 0 Å². The molecule has 2 N–H and O–H groups in total. The molecule has 2 aromatic rings. The summed E-state index contributed by atoms with van der Waals surface area (Å²) in [6.45, 7) is 2.05. The highest BCUT2D eigenvalue weighted by atomic mass is 32.2. The lowest BCUT2D eigenvalue weighted by Crippen LogP contribution is -2.30. The Kier molecular flexibility index (Phi) is 7.09. The van der Waals surface area contributed by atoms with Gasteiger partial charge in [0.2, 0.25) is 10.0 Å². The van der Waals surface area contributed by atoms with Crippen molar-refractivity contribution in [3.05, 3.63) is 65.2 Å². The molecule has 144 valence electrons. The molecule has 0 radical (unpaired) electrons. The first-order valence-electron chi connectivity index (χ1n) is 8.35. The van der Waals surface area contributed by atoms with Crippen molar-refractivity contribution in [2.45, 2.75) is 18.2 Å². The topological polar surface area (TPSA) is 102 Å². The van der Waals surface area contributed by atoms with Gasteiger partial charge in [-0.15, -0.1) is 0 Å². The Bertz CT molecular complexity index is 908. The van der Waals surface area contributed by atoms with Crippen molar-refractivity contribution in [3.63, 3.8) is 0 Å². The lowest BCUT2D eigenvalue weighted by molar-refractivity contribution is -0.124. The van der Waals surface area contributed by atoms with E-state index in [1.165, 1.54) is 31.3 Å². The zero-order chi connectivity index (χ0) is 19.9. The van der Waals surface area contributed by atoms with Crippen LogP contribution in [-0.4, -0.2) is 40.5 Å². The molecule has 0 heterocycles. The van der Waals surface area contributed by atoms with E-state index in [1.54, 1.807) is 0 Å². The fraction of sp³-hybridized carbons (Fsp3) is 0.263. The summed E-state index contributed by atoms with van der Waals surface area (Å²) < 4.78 is 30.4. The first-order valence-corrected chi connectivity index (χ1v) is 9.84. The smallest absolute Gasteiger partial charge is 0.338 e. The van der Waals surface area contributed by atoms with Crippen molar-refractivity contribution < 1.29 is 22.7 Å². The van der Waals surface area contributed by atoms with Gasteiger partial charge in [0, 0.05) is 6.54 Å². The van der Waals surface area contributed by atoms with Crippen LogP contribution in [-0.2, 0) is 26.0 Å². The van der Waals surface area contributed by atoms with Crippen LogP contribution in [0.5, 0.6) is 0 Å². The third-order valence-corrected chi connectivity index (χ3v) is 5.41. The van der Waals surface area contributed by atoms with E-state index in [4.69, 9.17) is 4.74 Å². The summed E-state index contributed by atoms with van der Waals surface area (Å²) in [5.74, 6) is -1.09. The van der Waals surface area contributed by atoms with Crippen LogP contribution in [0, 0.1) is 6.92 Å². The minimum Gasteiger partial charge on any atom is -0.452 e. The second-order valence-corrected chi connectivity index (χ2v) is 7.72. The number of carbonyl (C=O) groups is 2. The van der Waals surface area contributed by atoms with E-state index in [1.807, 2.05) is 31.2 Å². The van der Waals surface area contributed by atoms with Crippen molar-refractivity contribution in [2.75, 3.05) is 20.2 Å². The molecule has 8 heteroatoms. The van der Waals surface area contributed by atoms with Gasteiger partial charge in [0.1, 0.15) is 0 Å². The van der Waals surface area contributed by atoms with Crippen LogP contribution < -0.4 is 10.0 Å². The number of ether oxygens (including phenoxy) is 1. The Labute approximate surface area is 158 Å². The number of carbonyl (C=O) groups excluding carboxylic acids is 2. The highest BCUT2D eigenvalue weighted by molar-refractivity contribution is 7.89. The predicted octanol–water partition coefficient (Wildman–Crippen LogP) is 1.42. The SMILES string of the molecule is CNS(=O)(=O)c1ccc(C(=O)OCC(=O)NCCc2ccccc2C)cc1. The Morgan fingerprint density at radius 1 is 1.04 bits per heavy atom. The number of amides is 1. The van der Waals surface area contributed by atoms with E-state index in [2.05, 4.69) is 10.0 Å². The summed E-state index contributed by atoms with van der Waals surface area (Å²) in [4.78, 5) is 23.8. The van der Waals surface area contributed by atoms with Crippen LogP contribution in [0.4, 0.5) is 0 Å². The average Bonchev–Trinajstić information content (AvgIpc) is 2.67. The molecule has 0 bridgehead atoms. The fourth-order valence-electron chi connectivity index (χ4n) is 2.38. The van der Waals surface area contributed by atoms with Crippen LogP contribution in [0.1, 0.15) is 21.5 Å². The van der Waals surface area contributed by atoms with Crippen LogP contribution >= 0.6 is 0 Å². The lowest BCUT2D eigenvalue weighted by atomic mass is 10.1. The van der Waals surface area contributed by atoms with Gasteiger partial charge in [0.05, 0.1) is 10.5 Å². The minimum atomic E-state index is -3.57. The van der Waals surface area contributed by atoms with Gasteiger partial charge in [-0.05, 0) is 55.8 Å². The van der Waals surface area contributed by atoms with Crippen molar-refractivity contribution in [3.8, 4) is 0 Å². The molecule has 0 atom stereocenters. The minimum absolute atomic E-state index is 0.0375. The van der Waals surface area contributed by atoms with Crippen molar-refractivity contribution >= 4 is 21.9 Å². The Hall–Kier alpha value is -2.71. The number of benzene rings is 2. The number of hydrogen-bond donors (Lipinski definition) is 2. The zero-order valence-corrected chi connectivity index (χ0v) is 16.0. The Balaban J connectivity index is 1.79. The molecule has 0 unspecified atom stereocenters. The molecule has 0 fully saturated rings. The monoisotopic (exact) mass is 390 g/mol. The second-order valence-electron chi connectivity index (χ2n) is 5.83. The summed E-state index contributed by atoms with van der Waals surface area (Å²) in [5, 5.41) is 2.70. The van der Waals surface area contributed by atoms with Crippen LogP contribution in [0.15, 0.2) is 53.4 Å². The van der Waals surface area contributed by atoms with Gasteiger partial charge in [-0.25, -0.2) is 17.9 Å². The summed E-state index contributed by atoms with van der Waals surface area (Å²) in [6.07, 6.45) is 0.688. The van der Waals surface area contributed by atoms with E-state index in [0.717, 1.165) is 11.1 Å². The number of esters is 1. The van der Waals surface area contributed by atoms with E-state index in [9.17, 15) is 18.0 Å². The normalized spacial score (nSPS) is 11.0. The zero-order valence-electron chi connectivity index (χ0n) is 15.2.